The Bertz CT molecular complexity index is 532. The topological polar surface area (TPSA) is 61.9 Å². The molecule has 1 rings (SSSR count). The normalized spacial score (nSPS) is 12.8. The van der Waals surface area contributed by atoms with Crippen molar-refractivity contribution in [2.24, 2.45) is 5.92 Å². The Morgan fingerprint density at radius 1 is 1.58 bits per heavy atom. The molecule has 8 heteroatoms. The first-order chi connectivity index (χ1) is 8.79. The van der Waals surface area contributed by atoms with E-state index in [9.17, 15) is 18.0 Å². The first-order valence-electron chi connectivity index (χ1n) is 5.54. The van der Waals surface area contributed by atoms with Gasteiger partial charge in [-0.1, -0.05) is 0 Å². The van der Waals surface area contributed by atoms with E-state index in [0.29, 0.717) is 16.9 Å². The molecule has 0 N–H and O–H groups in total. The van der Waals surface area contributed by atoms with E-state index in [2.05, 4.69) is 5.10 Å². The molecule has 0 saturated heterocycles. The Labute approximate surface area is 107 Å². The zero-order chi connectivity index (χ0) is 14.6. The van der Waals surface area contributed by atoms with Crippen LogP contribution in [-0.2, 0) is 6.54 Å². The fourth-order valence-electron chi connectivity index (χ4n) is 1.34. The minimum atomic E-state index is -4.67. The molecule has 0 radical (unpaired) electrons. The lowest BCUT2D eigenvalue weighted by Gasteiger charge is -2.17. The molecule has 1 atom stereocenters. The fraction of sp³-hybridized carbons (Fsp3) is 0.545. The van der Waals surface area contributed by atoms with Crippen molar-refractivity contribution in [3.8, 4) is 6.07 Å². The zero-order valence-electron chi connectivity index (χ0n) is 10.5. The molecule has 0 spiro atoms. The molecule has 19 heavy (non-hydrogen) atoms. The molecular weight excluding hydrogens is 261 g/mol. The van der Waals surface area contributed by atoms with Crippen LogP contribution in [0.4, 0.5) is 18.9 Å². The van der Waals surface area contributed by atoms with E-state index in [1.807, 2.05) is 6.92 Å². The van der Waals surface area contributed by atoms with Crippen molar-refractivity contribution in [3.05, 3.63) is 22.6 Å². The van der Waals surface area contributed by atoms with Crippen LogP contribution < -0.4 is 10.5 Å². The highest BCUT2D eigenvalue weighted by molar-refractivity contribution is 5.41. The lowest BCUT2D eigenvalue weighted by molar-refractivity contribution is -0.162. The molecule has 0 aliphatic rings. The van der Waals surface area contributed by atoms with Gasteiger partial charge in [0.15, 0.2) is 5.92 Å². The van der Waals surface area contributed by atoms with E-state index in [1.54, 1.807) is 11.9 Å². The highest BCUT2D eigenvalue weighted by atomic mass is 19.4. The standard InChI is InChI=1S/C11H13F3N4O/c1-3-17(2)9-4-10(19)18(16-6-9)7-8(5-15)11(12,13)14/h4,6,8H,3,7H2,1-2H3. The summed E-state index contributed by atoms with van der Waals surface area (Å²) >= 11 is 0. The van der Waals surface area contributed by atoms with Crippen LogP contribution in [0.25, 0.3) is 0 Å². The fourth-order valence-corrected chi connectivity index (χ4v) is 1.34. The van der Waals surface area contributed by atoms with Crippen LogP contribution in [0, 0.1) is 17.2 Å². The lowest BCUT2D eigenvalue weighted by Crippen LogP contribution is -2.33. The van der Waals surface area contributed by atoms with Crippen molar-refractivity contribution in [1.29, 1.82) is 5.26 Å². The van der Waals surface area contributed by atoms with Crippen LogP contribution in [0.1, 0.15) is 6.92 Å². The first kappa shape index (κ1) is 15.0. The van der Waals surface area contributed by atoms with Gasteiger partial charge < -0.3 is 4.90 Å². The van der Waals surface area contributed by atoms with Crippen LogP contribution in [0.5, 0.6) is 0 Å². The van der Waals surface area contributed by atoms with E-state index in [4.69, 9.17) is 5.26 Å². The van der Waals surface area contributed by atoms with E-state index in [0.717, 1.165) is 6.07 Å². The maximum atomic E-state index is 12.4. The maximum absolute atomic E-state index is 12.4. The summed E-state index contributed by atoms with van der Waals surface area (Å²) in [4.78, 5) is 13.4. The number of aromatic nitrogens is 2. The van der Waals surface area contributed by atoms with Gasteiger partial charge in [-0.3, -0.25) is 4.79 Å². The molecule has 0 bridgehead atoms. The highest BCUT2D eigenvalue weighted by Crippen LogP contribution is 2.26. The second-order valence-electron chi connectivity index (χ2n) is 3.97. The van der Waals surface area contributed by atoms with Crippen LogP contribution in [-0.4, -0.2) is 29.5 Å². The molecular formula is C11H13F3N4O. The molecule has 0 aliphatic heterocycles. The third-order valence-electron chi connectivity index (χ3n) is 2.68. The van der Waals surface area contributed by atoms with Gasteiger partial charge in [0.2, 0.25) is 0 Å². The van der Waals surface area contributed by atoms with Gasteiger partial charge in [-0.25, -0.2) is 4.68 Å². The second kappa shape index (κ2) is 5.73. The van der Waals surface area contributed by atoms with Gasteiger partial charge in [0.1, 0.15) is 0 Å². The van der Waals surface area contributed by atoms with Crippen LogP contribution in [0.3, 0.4) is 0 Å². The lowest BCUT2D eigenvalue weighted by atomic mass is 10.1. The molecule has 5 nitrogen and oxygen atoms in total. The monoisotopic (exact) mass is 274 g/mol. The third-order valence-corrected chi connectivity index (χ3v) is 2.68. The average molecular weight is 274 g/mol. The molecule has 0 aliphatic carbocycles. The minimum absolute atomic E-state index is 0.518. The maximum Gasteiger partial charge on any atom is 0.406 e. The van der Waals surface area contributed by atoms with Crippen molar-refractivity contribution in [3.63, 3.8) is 0 Å². The van der Waals surface area contributed by atoms with Crippen LogP contribution in [0.15, 0.2) is 17.1 Å². The van der Waals surface area contributed by atoms with Crippen LogP contribution in [0.2, 0.25) is 0 Å². The molecule has 104 valence electrons. The third kappa shape index (κ3) is 3.71. The smallest absolute Gasteiger partial charge is 0.373 e. The molecule has 0 saturated carbocycles. The number of nitrogens with zero attached hydrogens (tertiary/aromatic N) is 4. The molecule has 0 fully saturated rings. The SMILES string of the molecule is CCN(C)c1cnn(CC(C#N)C(F)(F)F)c(=O)c1. The Kier molecular flexibility index (Phi) is 4.53. The predicted octanol–water partition coefficient (Wildman–Crippen LogP) is 1.40. The van der Waals surface area contributed by atoms with Gasteiger partial charge in [0.25, 0.3) is 5.56 Å². The molecule has 1 aromatic rings. The Hall–Kier alpha value is -2.04. The summed E-state index contributed by atoms with van der Waals surface area (Å²) < 4.78 is 37.9. The first-order valence-corrected chi connectivity index (χ1v) is 5.54. The van der Waals surface area contributed by atoms with Gasteiger partial charge in [-0.2, -0.15) is 23.5 Å². The molecule has 1 aromatic heterocycles. The van der Waals surface area contributed by atoms with Gasteiger partial charge in [-0.05, 0) is 6.92 Å². The highest BCUT2D eigenvalue weighted by Gasteiger charge is 2.40. The average Bonchev–Trinajstić information content (AvgIpc) is 2.34. The summed E-state index contributed by atoms with van der Waals surface area (Å²) in [6.07, 6.45) is -3.37. The number of rotatable bonds is 4. The van der Waals surface area contributed by atoms with E-state index in [1.165, 1.54) is 12.3 Å². The molecule has 0 amide bonds. The van der Waals surface area contributed by atoms with Crippen molar-refractivity contribution in [1.82, 2.24) is 9.78 Å². The van der Waals surface area contributed by atoms with Crippen molar-refractivity contribution in [2.75, 3.05) is 18.5 Å². The van der Waals surface area contributed by atoms with E-state index >= 15 is 0 Å². The summed E-state index contributed by atoms with van der Waals surface area (Å²) in [5, 5.41) is 12.1. The quantitative estimate of drug-likeness (QED) is 0.832. The van der Waals surface area contributed by atoms with Crippen LogP contribution >= 0.6 is 0 Å². The van der Waals surface area contributed by atoms with Gasteiger partial charge >= 0.3 is 6.18 Å². The molecule has 1 heterocycles. The van der Waals surface area contributed by atoms with E-state index < -0.39 is 24.2 Å². The largest absolute Gasteiger partial charge is 0.406 e. The van der Waals surface area contributed by atoms with E-state index in [-0.39, 0.29) is 0 Å². The zero-order valence-corrected chi connectivity index (χ0v) is 10.5. The number of hydrogen-bond acceptors (Lipinski definition) is 4. The summed E-state index contributed by atoms with van der Waals surface area (Å²) in [5.74, 6) is -2.24. The summed E-state index contributed by atoms with van der Waals surface area (Å²) in [6, 6.07) is 2.33. The van der Waals surface area contributed by atoms with Crippen molar-refractivity contribution >= 4 is 5.69 Å². The minimum Gasteiger partial charge on any atom is -0.373 e. The number of halogens is 3. The van der Waals surface area contributed by atoms with Gasteiger partial charge in [0, 0.05) is 19.7 Å². The Morgan fingerprint density at radius 3 is 2.63 bits per heavy atom. The molecule has 1 unspecified atom stereocenters. The Balaban J connectivity index is 2.99. The number of hydrogen-bond donors (Lipinski definition) is 0. The Morgan fingerprint density at radius 2 is 2.21 bits per heavy atom. The number of alkyl halides is 3. The predicted molar refractivity (Wildman–Crippen MR) is 62.6 cm³/mol. The number of anilines is 1. The summed E-state index contributed by atoms with van der Waals surface area (Å²) in [6.45, 7) is 1.70. The number of nitriles is 1. The van der Waals surface area contributed by atoms with Crippen molar-refractivity contribution < 1.29 is 13.2 Å². The van der Waals surface area contributed by atoms with Gasteiger partial charge in [0.05, 0.1) is 24.5 Å². The second-order valence-corrected chi connectivity index (χ2v) is 3.97. The summed E-state index contributed by atoms with van der Waals surface area (Å²) in [7, 11) is 1.73. The summed E-state index contributed by atoms with van der Waals surface area (Å²) in [5.41, 5.74) is -0.147. The molecule has 0 aromatic carbocycles. The van der Waals surface area contributed by atoms with Crippen molar-refractivity contribution in [2.45, 2.75) is 19.6 Å². The van der Waals surface area contributed by atoms with Gasteiger partial charge in [-0.15, -0.1) is 0 Å².